The van der Waals surface area contributed by atoms with Gasteiger partial charge < -0.3 is 9.73 Å². The summed E-state index contributed by atoms with van der Waals surface area (Å²) < 4.78 is 5.27. The van der Waals surface area contributed by atoms with E-state index in [0.717, 1.165) is 16.5 Å². The Kier molecular flexibility index (Phi) is 3.77. The number of aromatic nitrogens is 1. The van der Waals surface area contributed by atoms with Crippen LogP contribution in [-0.4, -0.2) is 11.5 Å². The van der Waals surface area contributed by atoms with Gasteiger partial charge in [-0.05, 0) is 12.1 Å². The summed E-state index contributed by atoms with van der Waals surface area (Å²) in [5.74, 6) is 0.804. The van der Waals surface area contributed by atoms with Gasteiger partial charge in [-0.25, -0.2) is 4.98 Å². The molecule has 2 heterocycles. The molecule has 2 aromatic rings. The van der Waals surface area contributed by atoms with Crippen molar-refractivity contribution in [2.75, 3.05) is 6.54 Å². The second-order valence-corrected chi connectivity index (χ2v) is 4.63. The highest BCUT2D eigenvalue weighted by Gasteiger charge is 2.06. The molecule has 0 radical (unpaired) electrons. The minimum absolute atomic E-state index is 0.592. The lowest BCUT2D eigenvalue weighted by molar-refractivity contribution is 0.581. The predicted octanol–water partition coefficient (Wildman–Crippen LogP) is 3.25. The Hall–Kier alpha value is -1.10. The largest absolute Gasteiger partial charge is 0.462 e. The minimum Gasteiger partial charge on any atom is -0.462 e. The standard InChI is InChI=1S/C11H11ClN2OS/c1-8(12)5-13-6-9-7-16-11(14-9)10-3-2-4-15-10/h2-4,7,13H,1,5-6H2. The number of rotatable bonds is 5. The molecule has 0 aliphatic carbocycles. The molecule has 0 spiro atoms. The van der Waals surface area contributed by atoms with E-state index < -0.39 is 0 Å². The average molecular weight is 255 g/mol. The number of thiazole rings is 1. The minimum atomic E-state index is 0.592. The first-order chi connectivity index (χ1) is 7.75. The van der Waals surface area contributed by atoms with E-state index in [2.05, 4.69) is 16.9 Å². The zero-order valence-electron chi connectivity index (χ0n) is 8.57. The summed E-state index contributed by atoms with van der Waals surface area (Å²) in [7, 11) is 0. The maximum Gasteiger partial charge on any atom is 0.162 e. The van der Waals surface area contributed by atoms with Gasteiger partial charge in [-0.1, -0.05) is 18.2 Å². The third-order valence-corrected chi connectivity index (χ3v) is 2.95. The number of hydrogen-bond acceptors (Lipinski definition) is 4. The van der Waals surface area contributed by atoms with Crippen molar-refractivity contribution in [1.82, 2.24) is 10.3 Å². The number of hydrogen-bond donors (Lipinski definition) is 1. The third kappa shape index (κ3) is 2.95. The Balaban J connectivity index is 1.95. The molecule has 0 saturated heterocycles. The molecule has 0 aliphatic rings. The molecule has 3 nitrogen and oxygen atoms in total. The summed E-state index contributed by atoms with van der Waals surface area (Å²) in [5, 5.41) is 6.64. The van der Waals surface area contributed by atoms with Crippen LogP contribution in [0.4, 0.5) is 0 Å². The van der Waals surface area contributed by atoms with Crippen LogP contribution in [0.3, 0.4) is 0 Å². The summed E-state index contributed by atoms with van der Waals surface area (Å²) in [4.78, 5) is 4.44. The Morgan fingerprint density at radius 1 is 1.62 bits per heavy atom. The first kappa shape index (κ1) is 11.4. The molecule has 0 saturated carbocycles. The Morgan fingerprint density at radius 3 is 3.19 bits per heavy atom. The lowest BCUT2D eigenvalue weighted by atomic mass is 10.4. The van der Waals surface area contributed by atoms with Crippen LogP contribution in [0.25, 0.3) is 10.8 Å². The lowest BCUT2D eigenvalue weighted by Gasteiger charge is -1.99. The molecular formula is C11H11ClN2OS. The van der Waals surface area contributed by atoms with Gasteiger partial charge in [0.05, 0.1) is 12.0 Å². The third-order valence-electron chi connectivity index (χ3n) is 1.91. The molecule has 0 aromatic carbocycles. The van der Waals surface area contributed by atoms with E-state index in [-0.39, 0.29) is 0 Å². The van der Waals surface area contributed by atoms with Crippen LogP contribution in [0.2, 0.25) is 0 Å². The van der Waals surface area contributed by atoms with Crippen LogP contribution >= 0.6 is 22.9 Å². The molecule has 0 amide bonds. The SMILES string of the molecule is C=C(Cl)CNCc1csc(-c2ccco2)n1. The van der Waals surface area contributed by atoms with Gasteiger partial charge in [-0.15, -0.1) is 11.3 Å². The van der Waals surface area contributed by atoms with E-state index in [1.807, 2.05) is 17.5 Å². The molecule has 16 heavy (non-hydrogen) atoms. The van der Waals surface area contributed by atoms with Gasteiger partial charge in [0, 0.05) is 23.5 Å². The zero-order valence-corrected chi connectivity index (χ0v) is 10.1. The van der Waals surface area contributed by atoms with E-state index in [4.69, 9.17) is 16.0 Å². The van der Waals surface area contributed by atoms with Gasteiger partial charge >= 0.3 is 0 Å². The van der Waals surface area contributed by atoms with Crippen molar-refractivity contribution >= 4 is 22.9 Å². The second-order valence-electron chi connectivity index (χ2n) is 3.24. The Morgan fingerprint density at radius 2 is 2.50 bits per heavy atom. The van der Waals surface area contributed by atoms with Gasteiger partial charge in [0.15, 0.2) is 10.8 Å². The number of furan rings is 1. The van der Waals surface area contributed by atoms with Gasteiger partial charge in [-0.2, -0.15) is 0 Å². The molecule has 2 aromatic heterocycles. The summed E-state index contributed by atoms with van der Waals surface area (Å²) in [6.45, 7) is 4.88. The van der Waals surface area contributed by atoms with E-state index in [1.165, 1.54) is 0 Å². The van der Waals surface area contributed by atoms with Crippen LogP contribution in [0.5, 0.6) is 0 Å². The van der Waals surface area contributed by atoms with Crippen LogP contribution in [-0.2, 0) is 6.54 Å². The van der Waals surface area contributed by atoms with Gasteiger partial charge in [0.25, 0.3) is 0 Å². The predicted molar refractivity (Wildman–Crippen MR) is 66.5 cm³/mol. The summed E-state index contributed by atoms with van der Waals surface area (Å²) in [6.07, 6.45) is 1.64. The fourth-order valence-electron chi connectivity index (χ4n) is 1.23. The highest BCUT2D eigenvalue weighted by atomic mass is 35.5. The smallest absolute Gasteiger partial charge is 0.162 e. The van der Waals surface area contributed by atoms with E-state index >= 15 is 0 Å². The van der Waals surface area contributed by atoms with Crippen LogP contribution in [0.1, 0.15) is 5.69 Å². The molecule has 1 N–H and O–H groups in total. The topological polar surface area (TPSA) is 38.1 Å². The van der Waals surface area contributed by atoms with E-state index in [1.54, 1.807) is 17.6 Å². The van der Waals surface area contributed by atoms with Crippen molar-refractivity contribution in [2.24, 2.45) is 0 Å². The molecule has 0 unspecified atom stereocenters. The molecule has 0 fully saturated rings. The fraction of sp³-hybridized carbons (Fsp3) is 0.182. The zero-order chi connectivity index (χ0) is 11.4. The average Bonchev–Trinajstić information content (AvgIpc) is 2.85. The van der Waals surface area contributed by atoms with Gasteiger partial charge in [0.1, 0.15) is 0 Å². The first-order valence-corrected chi connectivity index (χ1v) is 6.04. The van der Waals surface area contributed by atoms with Gasteiger partial charge in [0.2, 0.25) is 0 Å². The quantitative estimate of drug-likeness (QED) is 0.890. The van der Waals surface area contributed by atoms with Crippen LogP contribution in [0.15, 0.2) is 39.8 Å². The Bertz CT molecular complexity index is 464. The summed E-state index contributed by atoms with van der Waals surface area (Å²) in [5.41, 5.74) is 0.981. The summed E-state index contributed by atoms with van der Waals surface area (Å²) >= 11 is 7.21. The van der Waals surface area contributed by atoms with E-state index in [9.17, 15) is 0 Å². The molecular weight excluding hydrogens is 244 g/mol. The fourth-order valence-corrected chi connectivity index (χ4v) is 2.11. The van der Waals surface area contributed by atoms with Crippen molar-refractivity contribution in [3.05, 3.63) is 41.1 Å². The number of nitrogens with zero attached hydrogens (tertiary/aromatic N) is 1. The maximum atomic E-state index is 5.64. The second kappa shape index (κ2) is 5.30. The lowest BCUT2D eigenvalue weighted by Crippen LogP contribution is -2.14. The van der Waals surface area contributed by atoms with Crippen molar-refractivity contribution in [3.63, 3.8) is 0 Å². The monoisotopic (exact) mass is 254 g/mol. The van der Waals surface area contributed by atoms with Crippen molar-refractivity contribution in [1.29, 1.82) is 0 Å². The normalized spacial score (nSPS) is 10.6. The number of halogens is 1. The van der Waals surface area contributed by atoms with Crippen molar-refractivity contribution < 1.29 is 4.42 Å². The molecule has 0 bridgehead atoms. The van der Waals surface area contributed by atoms with Crippen molar-refractivity contribution in [2.45, 2.75) is 6.54 Å². The van der Waals surface area contributed by atoms with E-state index in [0.29, 0.717) is 18.1 Å². The molecule has 84 valence electrons. The molecule has 5 heteroatoms. The molecule has 0 aliphatic heterocycles. The number of nitrogens with one attached hydrogen (secondary N) is 1. The molecule has 0 atom stereocenters. The van der Waals surface area contributed by atoms with Crippen LogP contribution in [0, 0.1) is 0 Å². The summed E-state index contributed by atoms with van der Waals surface area (Å²) in [6, 6.07) is 3.75. The Labute approximate surface area is 103 Å². The maximum absolute atomic E-state index is 5.64. The van der Waals surface area contributed by atoms with Gasteiger partial charge in [-0.3, -0.25) is 0 Å². The first-order valence-electron chi connectivity index (χ1n) is 4.78. The highest BCUT2D eigenvalue weighted by Crippen LogP contribution is 2.23. The van der Waals surface area contributed by atoms with Crippen LogP contribution < -0.4 is 5.32 Å². The molecule has 2 rings (SSSR count). The highest BCUT2D eigenvalue weighted by molar-refractivity contribution is 7.13. The van der Waals surface area contributed by atoms with Crippen molar-refractivity contribution in [3.8, 4) is 10.8 Å².